The van der Waals surface area contributed by atoms with E-state index in [2.05, 4.69) is 5.32 Å². The Morgan fingerprint density at radius 2 is 1.73 bits per heavy atom. The first-order valence-corrected chi connectivity index (χ1v) is 8.46. The predicted octanol–water partition coefficient (Wildman–Crippen LogP) is 2.86. The number of benzene rings is 2. The third-order valence-corrected chi connectivity index (χ3v) is 4.38. The second-order valence-electron chi connectivity index (χ2n) is 6.13. The fourth-order valence-electron chi connectivity index (χ4n) is 2.98. The number of carbonyl (C=O) groups is 2. The summed E-state index contributed by atoms with van der Waals surface area (Å²) in [7, 11) is 0. The summed E-state index contributed by atoms with van der Waals surface area (Å²) < 4.78 is 0. The number of ketones is 1. The van der Waals surface area contributed by atoms with E-state index in [0.717, 1.165) is 25.9 Å². The van der Waals surface area contributed by atoms with E-state index in [1.54, 1.807) is 35.2 Å². The molecule has 1 fully saturated rings. The quantitative estimate of drug-likeness (QED) is 0.490. The highest BCUT2D eigenvalue weighted by Crippen LogP contribution is 2.26. The monoisotopic (exact) mass is 353 g/mol. The van der Waals surface area contributed by atoms with Crippen molar-refractivity contribution < 1.29 is 14.5 Å². The minimum absolute atomic E-state index is 0.00712. The van der Waals surface area contributed by atoms with Crippen LogP contribution in [0.5, 0.6) is 0 Å². The average molecular weight is 353 g/mol. The minimum atomic E-state index is -0.551. The molecule has 3 rings (SSSR count). The summed E-state index contributed by atoms with van der Waals surface area (Å²) in [4.78, 5) is 37.2. The van der Waals surface area contributed by atoms with Crippen LogP contribution in [0.2, 0.25) is 0 Å². The average Bonchev–Trinajstić information content (AvgIpc) is 3.21. The Balaban J connectivity index is 1.77. The zero-order valence-electron chi connectivity index (χ0n) is 14.2. The highest BCUT2D eigenvalue weighted by Gasteiger charge is 2.21. The molecule has 0 saturated carbocycles. The lowest BCUT2D eigenvalue weighted by Gasteiger charge is -2.16. The molecule has 0 atom stereocenters. The molecule has 134 valence electrons. The van der Waals surface area contributed by atoms with Gasteiger partial charge >= 0.3 is 0 Å². The number of hydrogen-bond acceptors (Lipinski definition) is 5. The maximum atomic E-state index is 12.5. The number of amides is 1. The molecule has 1 heterocycles. The first-order chi connectivity index (χ1) is 12.6. The standard InChI is InChI=1S/C19H19N3O4/c23-18(21-10-4-5-11-21)13-20-16-9-8-15(12-17(16)22(25)26)19(24)14-6-2-1-3-7-14/h1-3,6-9,12,20H,4-5,10-11,13H2. The summed E-state index contributed by atoms with van der Waals surface area (Å²) in [6, 6.07) is 12.9. The first-order valence-electron chi connectivity index (χ1n) is 8.46. The number of hydrogen-bond donors (Lipinski definition) is 1. The zero-order valence-corrected chi connectivity index (χ0v) is 14.2. The van der Waals surface area contributed by atoms with E-state index in [1.807, 2.05) is 0 Å². The largest absolute Gasteiger partial charge is 0.371 e. The number of rotatable bonds is 6. The van der Waals surface area contributed by atoms with Gasteiger partial charge in [0.2, 0.25) is 5.91 Å². The molecule has 1 N–H and O–H groups in total. The van der Waals surface area contributed by atoms with Crippen LogP contribution in [0, 0.1) is 10.1 Å². The molecule has 7 nitrogen and oxygen atoms in total. The van der Waals surface area contributed by atoms with E-state index < -0.39 is 4.92 Å². The van der Waals surface area contributed by atoms with Gasteiger partial charge in [0.05, 0.1) is 11.5 Å². The van der Waals surface area contributed by atoms with Crippen LogP contribution in [0.4, 0.5) is 11.4 Å². The van der Waals surface area contributed by atoms with Crippen molar-refractivity contribution in [1.82, 2.24) is 4.90 Å². The lowest BCUT2D eigenvalue weighted by molar-refractivity contribution is -0.384. The molecule has 2 aromatic carbocycles. The molecule has 0 radical (unpaired) electrons. The molecule has 0 aromatic heterocycles. The SMILES string of the molecule is O=C(c1ccccc1)c1ccc(NCC(=O)N2CCCC2)c([N+](=O)[O-])c1. The molecular weight excluding hydrogens is 334 g/mol. The molecule has 1 amide bonds. The first kappa shape index (κ1) is 17.6. The number of nitro groups is 1. The van der Waals surface area contributed by atoms with E-state index in [9.17, 15) is 19.7 Å². The van der Waals surface area contributed by atoms with Gasteiger partial charge in [-0.3, -0.25) is 19.7 Å². The number of likely N-dealkylation sites (tertiary alicyclic amines) is 1. The normalized spacial score (nSPS) is 13.5. The molecular formula is C19H19N3O4. The highest BCUT2D eigenvalue weighted by atomic mass is 16.6. The van der Waals surface area contributed by atoms with Crippen molar-refractivity contribution in [2.24, 2.45) is 0 Å². The molecule has 0 unspecified atom stereocenters. The summed E-state index contributed by atoms with van der Waals surface area (Å²) in [6.07, 6.45) is 1.98. The smallest absolute Gasteiger partial charge is 0.293 e. The maximum absolute atomic E-state index is 12.5. The van der Waals surface area contributed by atoms with Gasteiger partial charge in [-0.05, 0) is 25.0 Å². The molecule has 1 aliphatic rings. The summed E-state index contributed by atoms with van der Waals surface area (Å²) in [5.74, 6) is -0.366. The van der Waals surface area contributed by atoms with Crippen LogP contribution in [0.25, 0.3) is 0 Å². The number of nitrogens with one attached hydrogen (secondary N) is 1. The Morgan fingerprint density at radius 3 is 2.38 bits per heavy atom. The Hall–Kier alpha value is -3.22. The molecule has 0 spiro atoms. The Kier molecular flexibility index (Phi) is 5.26. The molecule has 0 aliphatic carbocycles. The van der Waals surface area contributed by atoms with Crippen LogP contribution >= 0.6 is 0 Å². The predicted molar refractivity (Wildman–Crippen MR) is 97.3 cm³/mol. The molecule has 7 heteroatoms. The number of anilines is 1. The second kappa shape index (κ2) is 7.77. The van der Waals surface area contributed by atoms with Crippen LogP contribution in [-0.2, 0) is 4.79 Å². The summed E-state index contributed by atoms with van der Waals surface area (Å²) in [5, 5.41) is 14.2. The zero-order chi connectivity index (χ0) is 18.5. The van der Waals surface area contributed by atoms with E-state index in [4.69, 9.17) is 0 Å². The fraction of sp³-hybridized carbons (Fsp3) is 0.263. The lowest BCUT2D eigenvalue weighted by atomic mass is 10.0. The molecule has 1 saturated heterocycles. The lowest BCUT2D eigenvalue weighted by Crippen LogP contribution is -2.33. The third-order valence-electron chi connectivity index (χ3n) is 4.38. The Bertz CT molecular complexity index is 830. The minimum Gasteiger partial charge on any atom is -0.371 e. The Labute approximate surface area is 150 Å². The Morgan fingerprint density at radius 1 is 1.04 bits per heavy atom. The topological polar surface area (TPSA) is 92.6 Å². The van der Waals surface area contributed by atoms with Crippen molar-refractivity contribution in [2.45, 2.75) is 12.8 Å². The van der Waals surface area contributed by atoms with Gasteiger partial charge in [0, 0.05) is 30.3 Å². The summed E-state index contributed by atoms with van der Waals surface area (Å²) in [5.41, 5.74) is 0.708. The van der Waals surface area contributed by atoms with Crippen molar-refractivity contribution in [3.63, 3.8) is 0 Å². The van der Waals surface area contributed by atoms with Crippen LogP contribution in [-0.4, -0.2) is 41.1 Å². The van der Waals surface area contributed by atoms with Crippen LogP contribution in [0.1, 0.15) is 28.8 Å². The van der Waals surface area contributed by atoms with Crippen molar-refractivity contribution in [3.8, 4) is 0 Å². The van der Waals surface area contributed by atoms with Crippen LogP contribution in [0.3, 0.4) is 0 Å². The number of nitro benzene ring substituents is 1. The maximum Gasteiger partial charge on any atom is 0.293 e. The molecule has 26 heavy (non-hydrogen) atoms. The van der Waals surface area contributed by atoms with Gasteiger partial charge in [-0.25, -0.2) is 0 Å². The van der Waals surface area contributed by atoms with E-state index in [1.165, 1.54) is 18.2 Å². The number of nitrogens with zero attached hydrogens (tertiary/aromatic N) is 2. The fourth-order valence-corrected chi connectivity index (χ4v) is 2.98. The van der Waals surface area contributed by atoms with Gasteiger partial charge in [-0.2, -0.15) is 0 Å². The van der Waals surface area contributed by atoms with E-state index in [-0.39, 0.29) is 35.2 Å². The molecule has 2 aromatic rings. The van der Waals surface area contributed by atoms with Gasteiger partial charge in [-0.1, -0.05) is 30.3 Å². The van der Waals surface area contributed by atoms with Crippen LogP contribution < -0.4 is 5.32 Å². The highest BCUT2D eigenvalue weighted by molar-refractivity contribution is 6.09. The summed E-state index contributed by atoms with van der Waals surface area (Å²) in [6.45, 7) is 1.45. The van der Waals surface area contributed by atoms with Crippen molar-refractivity contribution in [3.05, 3.63) is 69.8 Å². The van der Waals surface area contributed by atoms with Crippen LogP contribution in [0.15, 0.2) is 48.5 Å². The van der Waals surface area contributed by atoms with Gasteiger partial charge in [-0.15, -0.1) is 0 Å². The molecule has 0 bridgehead atoms. The summed E-state index contributed by atoms with van der Waals surface area (Å²) >= 11 is 0. The van der Waals surface area contributed by atoms with Crippen molar-refractivity contribution >= 4 is 23.1 Å². The van der Waals surface area contributed by atoms with E-state index in [0.29, 0.717) is 5.56 Å². The number of carbonyl (C=O) groups excluding carboxylic acids is 2. The van der Waals surface area contributed by atoms with Gasteiger partial charge in [0.15, 0.2) is 5.78 Å². The van der Waals surface area contributed by atoms with Crippen molar-refractivity contribution in [1.29, 1.82) is 0 Å². The van der Waals surface area contributed by atoms with Crippen molar-refractivity contribution in [2.75, 3.05) is 25.0 Å². The molecule has 1 aliphatic heterocycles. The van der Waals surface area contributed by atoms with Gasteiger partial charge in [0.1, 0.15) is 5.69 Å². The van der Waals surface area contributed by atoms with Gasteiger partial charge < -0.3 is 10.2 Å². The van der Waals surface area contributed by atoms with Gasteiger partial charge in [0.25, 0.3) is 5.69 Å². The second-order valence-corrected chi connectivity index (χ2v) is 6.13. The third kappa shape index (κ3) is 3.88. The van der Waals surface area contributed by atoms with E-state index >= 15 is 0 Å².